The van der Waals surface area contributed by atoms with Crippen LogP contribution in [0.15, 0.2) is 50.6 Å². The van der Waals surface area contributed by atoms with E-state index in [1.165, 1.54) is 0 Å². The van der Waals surface area contributed by atoms with E-state index < -0.39 is 24.6 Å². The molecule has 0 unspecified atom stereocenters. The molecule has 0 aromatic carbocycles. The maximum absolute atomic E-state index is 6.01. The molecular formula is C19H30O6. The fraction of sp³-hybridized carbons (Fsp3) is 0.579. The summed E-state index contributed by atoms with van der Waals surface area (Å²) in [6.45, 7) is 16.5. The molecule has 5 atom stereocenters. The Kier molecular flexibility index (Phi) is 11.3. The van der Waals surface area contributed by atoms with Crippen molar-refractivity contribution in [1.82, 2.24) is 0 Å². The molecule has 142 valence electrons. The molecule has 6 heteroatoms. The highest BCUT2D eigenvalue weighted by Crippen LogP contribution is 2.29. The fourth-order valence-corrected chi connectivity index (χ4v) is 2.57. The topological polar surface area (TPSA) is 55.4 Å². The standard InChI is InChI=1S/C19H30O6/c1-6-10-21-14-15-16(22-11-7-2)17(23-12-8-3)18(24-13-9-4)19(20-5)25-15/h6-9,15-19H,1-4,10-14H2,5H3/t15-,16-,17+,18-,19+/m1/s1. The van der Waals surface area contributed by atoms with Gasteiger partial charge in [0.25, 0.3) is 0 Å². The van der Waals surface area contributed by atoms with E-state index in [0.29, 0.717) is 33.0 Å². The second-order valence-electron chi connectivity index (χ2n) is 5.36. The van der Waals surface area contributed by atoms with Gasteiger partial charge in [0.1, 0.15) is 24.4 Å². The zero-order valence-corrected chi connectivity index (χ0v) is 15.0. The Morgan fingerprint density at radius 3 is 1.80 bits per heavy atom. The first-order valence-electron chi connectivity index (χ1n) is 8.27. The molecule has 0 spiro atoms. The highest BCUT2D eigenvalue weighted by atomic mass is 16.7. The van der Waals surface area contributed by atoms with Crippen LogP contribution in [0.4, 0.5) is 0 Å². The van der Waals surface area contributed by atoms with Crippen LogP contribution in [0, 0.1) is 0 Å². The van der Waals surface area contributed by atoms with Gasteiger partial charge in [0.2, 0.25) is 0 Å². The summed E-state index contributed by atoms with van der Waals surface area (Å²) in [6, 6.07) is 0. The smallest absolute Gasteiger partial charge is 0.186 e. The largest absolute Gasteiger partial charge is 0.375 e. The van der Waals surface area contributed by atoms with Crippen molar-refractivity contribution in [2.75, 3.05) is 40.1 Å². The number of hydrogen-bond donors (Lipinski definition) is 0. The van der Waals surface area contributed by atoms with Crippen LogP contribution in [0.2, 0.25) is 0 Å². The molecule has 1 aliphatic heterocycles. The summed E-state index contributed by atoms with van der Waals surface area (Å²) >= 11 is 0. The number of ether oxygens (including phenoxy) is 6. The minimum absolute atomic E-state index is 0.315. The summed E-state index contributed by atoms with van der Waals surface area (Å²) in [7, 11) is 1.56. The van der Waals surface area contributed by atoms with E-state index in [1.807, 2.05) is 0 Å². The Bertz CT molecular complexity index is 411. The van der Waals surface area contributed by atoms with Crippen molar-refractivity contribution < 1.29 is 28.4 Å². The van der Waals surface area contributed by atoms with Crippen LogP contribution in [0.25, 0.3) is 0 Å². The lowest BCUT2D eigenvalue weighted by Crippen LogP contribution is -2.61. The second-order valence-corrected chi connectivity index (χ2v) is 5.36. The van der Waals surface area contributed by atoms with E-state index in [9.17, 15) is 0 Å². The third kappa shape index (κ3) is 6.86. The monoisotopic (exact) mass is 354 g/mol. The van der Waals surface area contributed by atoms with Crippen LogP contribution >= 0.6 is 0 Å². The summed E-state index contributed by atoms with van der Waals surface area (Å²) in [5.41, 5.74) is 0. The molecule has 0 radical (unpaired) electrons. The summed E-state index contributed by atoms with van der Waals surface area (Å²) in [5.74, 6) is 0. The van der Waals surface area contributed by atoms with Gasteiger partial charge in [0.05, 0.1) is 33.0 Å². The lowest BCUT2D eigenvalue weighted by molar-refractivity contribution is -0.314. The minimum atomic E-state index is -0.615. The Balaban J connectivity index is 3.00. The molecule has 25 heavy (non-hydrogen) atoms. The molecule has 0 saturated carbocycles. The van der Waals surface area contributed by atoms with Crippen molar-refractivity contribution >= 4 is 0 Å². The van der Waals surface area contributed by atoms with Crippen molar-refractivity contribution in [3.63, 3.8) is 0 Å². The van der Waals surface area contributed by atoms with Gasteiger partial charge in [-0.3, -0.25) is 0 Å². The molecule has 0 aromatic rings. The minimum Gasteiger partial charge on any atom is -0.375 e. The normalized spacial score (nSPS) is 29.1. The van der Waals surface area contributed by atoms with Crippen LogP contribution in [0.3, 0.4) is 0 Å². The molecule has 0 bridgehead atoms. The predicted octanol–water partition coefficient (Wildman–Crippen LogP) is 2.27. The molecule has 0 N–H and O–H groups in total. The van der Waals surface area contributed by atoms with Crippen molar-refractivity contribution in [2.45, 2.75) is 30.7 Å². The van der Waals surface area contributed by atoms with Crippen LogP contribution in [0.5, 0.6) is 0 Å². The second kappa shape index (κ2) is 13.0. The molecule has 0 aromatic heterocycles. The van der Waals surface area contributed by atoms with Crippen molar-refractivity contribution in [1.29, 1.82) is 0 Å². The summed E-state index contributed by atoms with van der Waals surface area (Å²) in [4.78, 5) is 0. The average Bonchev–Trinajstić information content (AvgIpc) is 2.63. The van der Waals surface area contributed by atoms with Crippen molar-refractivity contribution in [3.8, 4) is 0 Å². The van der Waals surface area contributed by atoms with Gasteiger partial charge in [0, 0.05) is 7.11 Å². The molecular weight excluding hydrogens is 324 g/mol. The van der Waals surface area contributed by atoms with Gasteiger partial charge in [-0.15, -0.1) is 26.3 Å². The Labute approximate surface area is 150 Å². The van der Waals surface area contributed by atoms with E-state index in [4.69, 9.17) is 28.4 Å². The number of rotatable bonds is 14. The molecule has 1 heterocycles. The van der Waals surface area contributed by atoms with Gasteiger partial charge in [0.15, 0.2) is 6.29 Å². The maximum atomic E-state index is 6.01. The first-order chi connectivity index (χ1) is 12.2. The van der Waals surface area contributed by atoms with Crippen LogP contribution in [-0.4, -0.2) is 70.9 Å². The van der Waals surface area contributed by atoms with Gasteiger partial charge < -0.3 is 28.4 Å². The molecule has 1 saturated heterocycles. The Morgan fingerprint density at radius 2 is 1.28 bits per heavy atom. The first-order valence-corrected chi connectivity index (χ1v) is 8.27. The van der Waals surface area contributed by atoms with Crippen LogP contribution in [0.1, 0.15) is 0 Å². The zero-order chi connectivity index (χ0) is 18.5. The predicted molar refractivity (Wildman–Crippen MR) is 96.5 cm³/mol. The lowest BCUT2D eigenvalue weighted by Gasteiger charge is -2.45. The van der Waals surface area contributed by atoms with Crippen LogP contribution in [-0.2, 0) is 28.4 Å². The Hall–Kier alpha value is -1.28. The molecule has 1 aliphatic rings. The summed E-state index contributed by atoms with van der Waals surface area (Å²) in [6.07, 6.45) is 4.38. The maximum Gasteiger partial charge on any atom is 0.186 e. The van der Waals surface area contributed by atoms with Gasteiger partial charge in [-0.25, -0.2) is 0 Å². The molecule has 6 nitrogen and oxygen atoms in total. The molecule has 1 rings (SSSR count). The van der Waals surface area contributed by atoms with E-state index in [2.05, 4.69) is 26.3 Å². The number of hydrogen-bond acceptors (Lipinski definition) is 6. The van der Waals surface area contributed by atoms with Gasteiger partial charge in [-0.2, -0.15) is 0 Å². The average molecular weight is 354 g/mol. The van der Waals surface area contributed by atoms with E-state index >= 15 is 0 Å². The summed E-state index contributed by atoms with van der Waals surface area (Å²) < 4.78 is 34.7. The first kappa shape index (κ1) is 21.8. The van der Waals surface area contributed by atoms with Crippen molar-refractivity contribution in [2.24, 2.45) is 0 Å². The van der Waals surface area contributed by atoms with Gasteiger partial charge in [-0.05, 0) is 0 Å². The van der Waals surface area contributed by atoms with E-state index in [1.54, 1.807) is 31.4 Å². The molecule has 1 fully saturated rings. The molecule has 0 aliphatic carbocycles. The third-order valence-electron chi connectivity index (χ3n) is 3.56. The van der Waals surface area contributed by atoms with Crippen LogP contribution < -0.4 is 0 Å². The quantitative estimate of drug-likeness (QED) is 0.352. The number of methoxy groups -OCH3 is 1. The van der Waals surface area contributed by atoms with Crippen molar-refractivity contribution in [3.05, 3.63) is 50.6 Å². The highest BCUT2D eigenvalue weighted by molar-refractivity contribution is 4.94. The zero-order valence-electron chi connectivity index (χ0n) is 15.0. The summed E-state index contributed by atoms with van der Waals surface area (Å²) in [5, 5.41) is 0. The third-order valence-corrected chi connectivity index (χ3v) is 3.56. The highest BCUT2D eigenvalue weighted by Gasteiger charge is 2.48. The Morgan fingerprint density at radius 1 is 0.760 bits per heavy atom. The lowest BCUT2D eigenvalue weighted by atomic mass is 9.98. The fourth-order valence-electron chi connectivity index (χ4n) is 2.57. The van der Waals surface area contributed by atoms with Gasteiger partial charge >= 0.3 is 0 Å². The van der Waals surface area contributed by atoms with Gasteiger partial charge in [-0.1, -0.05) is 24.3 Å². The SMILES string of the molecule is C=CCOC[C@H]1O[C@H](OC)[C@H](OCC=C)[C@@H](OCC=C)[C@@H]1OCC=C. The molecule has 0 amide bonds. The van der Waals surface area contributed by atoms with E-state index in [-0.39, 0.29) is 6.10 Å². The van der Waals surface area contributed by atoms with E-state index in [0.717, 1.165) is 0 Å².